The van der Waals surface area contributed by atoms with Gasteiger partial charge in [-0.25, -0.2) is 4.79 Å². The van der Waals surface area contributed by atoms with Crippen molar-refractivity contribution >= 4 is 6.21 Å². The van der Waals surface area contributed by atoms with Crippen LogP contribution in [-0.4, -0.2) is 61.6 Å². The molecule has 0 radical (unpaired) electrons. The zero-order chi connectivity index (χ0) is 18.4. The monoisotopic (exact) mass is 349 g/mol. The highest BCUT2D eigenvalue weighted by Gasteiger charge is 2.26. The smallest absolute Gasteiger partial charge is 0.331 e. The molecule has 0 unspecified atom stereocenters. The lowest BCUT2D eigenvalue weighted by atomic mass is 10.1. The molecule has 0 aliphatic heterocycles. The number of aromatic nitrogens is 2. The average molecular weight is 349 g/mol. The third-order valence-electron chi connectivity index (χ3n) is 3.74. The van der Waals surface area contributed by atoms with Crippen LogP contribution in [0.25, 0.3) is 0 Å². The number of hydrogen-bond donors (Lipinski definition) is 5. The first-order valence-electron chi connectivity index (χ1n) is 7.44. The Morgan fingerprint density at radius 3 is 2.24 bits per heavy atom. The molecule has 0 amide bonds. The fourth-order valence-corrected chi connectivity index (χ4v) is 2.08. The Labute approximate surface area is 142 Å². The molecule has 9 nitrogen and oxygen atoms in total. The summed E-state index contributed by atoms with van der Waals surface area (Å²) in [7, 11) is 0. The summed E-state index contributed by atoms with van der Waals surface area (Å²) >= 11 is 0. The number of aromatic amines is 1. The number of aliphatic hydroxyl groups is 3. The van der Waals surface area contributed by atoms with Crippen molar-refractivity contribution in [2.45, 2.75) is 12.1 Å². The average Bonchev–Trinajstić information content (AvgIpc) is 2.63. The van der Waals surface area contributed by atoms with Crippen LogP contribution in [0, 0.1) is 0 Å². The Kier molecular flexibility index (Phi) is 5.86. The topological polar surface area (TPSA) is 148 Å². The van der Waals surface area contributed by atoms with Gasteiger partial charge < -0.3 is 20.4 Å². The SMILES string of the molecule is O=c1[nH]c(=O)n(Cc2ccccc2)c(O)c1C=NC(CO)(CO)CO. The minimum atomic E-state index is -1.60. The summed E-state index contributed by atoms with van der Waals surface area (Å²) in [4.78, 5) is 29.8. The fraction of sp³-hybridized carbons (Fsp3) is 0.312. The van der Waals surface area contributed by atoms with E-state index in [-0.39, 0.29) is 12.1 Å². The van der Waals surface area contributed by atoms with Gasteiger partial charge in [0.1, 0.15) is 11.1 Å². The normalized spacial score (nSPS) is 12.0. The van der Waals surface area contributed by atoms with Gasteiger partial charge in [-0.3, -0.25) is 19.3 Å². The molecule has 0 bridgehead atoms. The van der Waals surface area contributed by atoms with Gasteiger partial charge in [-0.2, -0.15) is 0 Å². The molecule has 5 N–H and O–H groups in total. The minimum Gasteiger partial charge on any atom is -0.494 e. The Balaban J connectivity index is 2.48. The van der Waals surface area contributed by atoms with Crippen molar-refractivity contribution in [2.24, 2.45) is 4.99 Å². The first-order valence-corrected chi connectivity index (χ1v) is 7.44. The zero-order valence-corrected chi connectivity index (χ0v) is 13.3. The molecule has 25 heavy (non-hydrogen) atoms. The number of rotatable bonds is 7. The van der Waals surface area contributed by atoms with Crippen LogP contribution < -0.4 is 11.2 Å². The Hall–Kier alpha value is -2.75. The molecule has 1 aromatic carbocycles. The number of aromatic hydroxyl groups is 1. The van der Waals surface area contributed by atoms with E-state index < -0.39 is 42.5 Å². The maximum Gasteiger partial charge on any atom is 0.331 e. The molecule has 9 heteroatoms. The third kappa shape index (κ3) is 4.02. The van der Waals surface area contributed by atoms with Crippen LogP contribution in [0.2, 0.25) is 0 Å². The highest BCUT2D eigenvalue weighted by molar-refractivity contribution is 5.82. The van der Waals surface area contributed by atoms with E-state index in [1.165, 1.54) is 0 Å². The van der Waals surface area contributed by atoms with Crippen molar-refractivity contribution in [1.82, 2.24) is 9.55 Å². The lowest BCUT2D eigenvalue weighted by Crippen LogP contribution is -2.40. The van der Waals surface area contributed by atoms with E-state index in [1.807, 2.05) is 0 Å². The summed E-state index contributed by atoms with van der Waals surface area (Å²) in [5.74, 6) is -0.607. The summed E-state index contributed by atoms with van der Waals surface area (Å²) in [5.41, 5.74) is -2.86. The number of nitrogens with zero attached hydrogens (tertiary/aromatic N) is 2. The molecular formula is C16H19N3O6. The molecular weight excluding hydrogens is 330 g/mol. The summed E-state index contributed by atoms with van der Waals surface area (Å²) < 4.78 is 0.955. The molecule has 2 aromatic rings. The van der Waals surface area contributed by atoms with E-state index in [2.05, 4.69) is 9.98 Å². The second-order valence-electron chi connectivity index (χ2n) is 5.53. The van der Waals surface area contributed by atoms with E-state index in [1.54, 1.807) is 30.3 Å². The largest absolute Gasteiger partial charge is 0.494 e. The standard InChI is InChI=1S/C16H19N3O6/c20-8-16(9-21,10-22)17-6-12-13(23)18-15(25)19(14(12)24)7-11-4-2-1-3-5-11/h1-6,20-22,24H,7-10H2,(H,18,23,25). The van der Waals surface area contributed by atoms with Crippen molar-refractivity contribution in [2.75, 3.05) is 19.8 Å². The molecule has 0 fully saturated rings. The summed E-state index contributed by atoms with van der Waals surface area (Å²) in [6.07, 6.45) is 0.914. The minimum absolute atomic E-state index is 0.0221. The van der Waals surface area contributed by atoms with Gasteiger partial charge in [0.2, 0.25) is 5.88 Å². The van der Waals surface area contributed by atoms with Gasteiger partial charge in [0.05, 0.1) is 26.4 Å². The van der Waals surface area contributed by atoms with Crippen molar-refractivity contribution in [1.29, 1.82) is 0 Å². The predicted molar refractivity (Wildman–Crippen MR) is 90.1 cm³/mol. The highest BCUT2D eigenvalue weighted by Crippen LogP contribution is 2.13. The van der Waals surface area contributed by atoms with Crippen LogP contribution in [0.4, 0.5) is 0 Å². The second-order valence-corrected chi connectivity index (χ2v) is 5.53. The molecule has 0 saturated carbocycles. The number of aliphatic imine (C=N–C) groups is 1. The molecule has 0 saturated heterocycles. The van der Waals surface area contributed by atoms with Gasteiger partial charge in [-0.05, 0) is 5.56 Å². The number of benzene rings is 1. The molecule has 0 spiro atoms. The number of nitrogens with one attached hydrogen (secondary N) is 1. The second kappa shape index (κ2) is 7.88. The molecule has 0 atom stereocenters. The summed E-state index contributed by atoms with van der Waals surface area (Å²) in [6, 6.07) is 8.83. The van der Waals surface area contributed by atoms with Gasteiger partial charge in [0.25, 0.3) is 5.56 Å². The molecule has 2 rings (SSSR count). The molecule has 1 heterocycles. The van der Waals surface area contributed by atoms with Gasteiger partial charge in [0.15, 0.2) is 0 Å². The van der Waals surface area contributed by atoms with Crippen LogP contribution in [0.1, 0.15) is 11.1 Å². The summed E-state index contributed by atoms with van der Waals surface area (Å²) in [5, 5.41) is 38.0. The first-order chi connectivity index (χ1) is 12.0. The quantitative estimate of drug-likeness (QED) is 0.381. The lowest BCUT2D eigenvalue weighted by molar-refractivity contribution is 0.0718. The van der Waals surface area contributed by atoms with Gasteiger partial charge >= 0.3 is 5.69 Å². The van der Waals surface area contributed by atoms with E-state index in [4.69, 9.17) is 0 Å². The zero-order valence-electron chi connectivity index (χ0n) is 13.3. The number of hydrogen-bond acceptors (Lipinski definition) is 7. The Bertz CT molecular complexity index is 844. The maximum atomic E-state index is 12.0. The van der Waals surface area contributed by atoms with Crippen molar-refractivity contribution in [3.8, 4) is 5.88 Å². The summed E-state index contributed by atoms with van der Waals surface area (Å²) in [6.45, 7) is -1.98. The van der Waals surface area contributed by atoms with Gasteiger partial charge in [0, 0.05) is 6.21 Å². The van der Waals surface area contributed by atoms with Crippen LogP contribution in [0.5, 0.6) is 5.88 Å². The van der Waals surface area contributed by atoms with Crippen molar-refractivity contribution in [3.05, 3.63) is 62.3 Å². The fourth-order valence-electron chi connectivity index (χ4n) is 2.08. The van der Waals surface area contributed by atoms with Crippen molar-refractivity contribution in [3.63, 3.8) is 0 Å². The number of aliphatic hydroxyl groups excluding tert-OH is 3. The van der Waals surface area contributed by atoms with E-state index in [9.17, 15) is 30.0 Å². The first kappa shape index (κ1) is 18.6. The third-order valence-corrected chi connectivity index (χ3v) is 3.74. The molecule has 134 valence electrons. The molecule has 0 aliphatic carbocycles. The van der Waals surface area contributed by atoms with E-state index in [0.717, 1.165) is 16.3 Å². The van der Waals surface area contributed by atoms with Gasteiger partial charge in [-0.15, -0.1) is 0 Å². The van der Waals surface area contributed by atoms with Crippen LogP contribution in [0.15, 0.2) is 44.9 Å². The Morgan fingerprint density at radius 1 is 1.08 bits per heavy atom. The van der Waals surface area contributed by atoms with Crippen LogP contribution in [-0.2, 0) is 6.54 Å². The van der Waals surface area contributed by atoms with Crippen molar-refractivity contribution < 1.29 is 20.4 Å². The molecule has 1 aromatic heterocycles. The van der Waals surface area contributed by atoms with Crippen LogP contribution in [0.3, 0.4) is 0 Å². The van der Waals surface area contributed by atoms with Crippen LogP contribution >= 0.6 is 0 Å². The maximum absolute atomic E-state index is 12.0. The number of H-pyrrole nitrogens is 1. The highest BCUT2D eigenvalue weighted by atomic mass is 16.3. The Morgan fingerprint density at radius 2 is 1.68 bits per heavy atom. The lowest BCUT2D eigenvalue weighted by Gasteiger charge is -2.22. The van der Waals surface area contributed by atoms with E-state index in [0.29, 0.717) is 0 Å². The molecule has 0 aliphatic rings. The van der Waals surface area contributed by atoms with Gasteiger partial charge in [-0.1, -0.05) is 30.3 Å². The predicted octanol–water partition coefficient (Wildman–Crippen LogP) is -1.57. The van der Waals surface area contributed by atoms with E-state index >= 15 is 0 Å².